The van der Waals surface area contributed by atoms with E-state index in [1.165, 1.54) is 0 Å². The van der Waals surface area contributed by atoms with Gasteiger partial charge in [-0.2, -0.15) is 0 Å². The SMILES string of the molecule is CCCCC(=O)Nc1ccc(Br)cc1C(N)=S. The van der Waals surface area contributed by atoms with E-state index in [1.54, 1.807) is 12.1 Å². The van der Waals surface area contributed by atoms with Gasteiger partial charge in [-0.15, -0.1) is 0 Å². The zero-order valence-electron chi connectivity index (χ0n) is 9.63. The number of carbonyl (C=O) groups is 1. The summed E-state index contributed by atoms with van der Waals surface area (Å²) in [4.78, 5) is 11.9. The van der Waals surface area contributed by atoms with E-state index < -0.39 is 0 Å². The van der Waals surface area contributed by atoms with E-state index in [0.29, 0.717) is 17.7 Å². The molecule has 0 unspecified atom stereocenters. The highest BCUT2D eigenvalue weighted by molar-refractivity contribution is 9.10. The Bertz CT molecular complexity index is 435. The molecule has 92 valence electrons. The van der Waals surface area contributed by atoms with Crippen LogP contribution >= 0.6 is 28.1 Å². The summed E-state index contributed by atoms with van der Waals surface area (Å²) in [6.45, 7) is 2.05. The lowest BCUT2D eigenvalue weighted by atomic mass is 10.1. The standard InChI is InChI=1S/C12H15BrN2OS/c1-2-3-4-11(16)15-10-6-5-8(13)7-9(10)12(14)17/h5-7H,2-4H2,1H3,(H2,14,17)(H,15,16). The van der Waals surface area contributed by atoms with E-state index in [9.17, 15) is 4.79 Å². The summed E-state index contributed by atoms with van der Waals surface area (Å²) in [7, 11) is 0. The maximum Gasteiger partial charge on any atom is 0.224 e. The molecule has 1 aromatic rings. The van der Waals surface area contributed by atoms with Crippen LogP contribution in [0, 0.1) is 0 Å². The minimum atomic E-state index is -0.00771. The van der Waals surface area contributed by atoms with E-state index in [0.717, 1.165) is 17.3 Å². The van der Waals surface area contributed by atoms with Crippen molar-refractivity contribution in [2.24, 2.45) is 5.73 Å². The van der Waals surface area contributed by atoms with Crippen molar-refractivity contribution in [2.75, 3.05) is 5.32 Å². The van der Waals surface area contributed by atoms with Crippen LogP contribution in [0.3, 0.4) is 0 Å². The number of carbonyl (C=O) groups excluding carboxylic acids is 1. The third kappa shape index (κ3) is 4.44. The van der Waals surface area contributed by atoms with Gasteiger partial charge in [0.15, 0.2) is 0 Å². The van der Waals surface area contributed by atoms with Gasteiger partial charge >= 0.3 is 0 Å². The highest BCUT2D eigenvalue weighted by Crippen LogP contribution is 2.21. The molecule has 0 radical (unpaired) electrons. The van der Waals surface area contributed by atoms with Gasteiger partial charge < -0.3 is 11.1 Å². The van der Waals surface area contributed by atoms with Crippen LogP contribution in [0.5, 0.6) is 0 Å². The van der Waals surface area contributed by atoms with Crippen LogP contribution in [0.1, 0.15) is 31.7 Å². The van der Waals surface area contributed by atoms with Gasteiger partial charge in [-0.1, -0.05) is 41.5 Å². The van der Waals surface area contributed by atoms with Crippen molar-refractivity contribution in [3.8, 4) is 0 Å². The second-order valence-corrected chi connectivity index (χ2v) is 5.06. The molecule has 1 aromatic carbocycles. The molecule has 0 bridgehead atoms. The Balaban J connectivity index is 2.83. The molecule has 0 aliphatic rings. The van der Waals surface area contributed by atoms with Crippen LogP contribution in [0.4, 0.5) is 5.69 Å². The van der Waals surface area contributed by atoms with Crippen LogP contribution in [0.15, 0.2) is 22.7 Å². The Kier molecular flexibility index (Phi) is 5.58. The summed E-state index contributed by atoms with van der Waals surface area (Å²) < 4.78 is 0.881. The monoisotopic (exact) mass is 314 g/mol. The lowest BCUT2D eigenvalue weighted by molar-refractivity contribution is -0.116. The van der Waals surface area contributed by atoms with E-state index in [1.807, 2.05) is 13.0 Å². The van der Waals surface area contributed by atoms with Gasteiger partial charge in [0.2, 0.25) is 5.91 Å². The summed E-state index contributed by atoms with van der Waals surface area (Å²) in [5, 5.41) is 2.83. The van der Waals surface area contributed by atoms with Crippen molar-refractivity contribution in [1.82, 2.24) is 0 Å². The van der Waals surface area contributed by atoms with E-state index in [-0.39, 0.29) is 10.9 Å². The molecule has 3 N–H and O–H groups in total. The van der Waals surface area contributed by atoms with Gasteiger partial charge in [-0.3, -0.25) is 4.79 Å². The number of hydrogen-bond donors (Lipinski definition) is 2. The fraction of sp³-hybridized carbons (Fsp3) is 0.333. The molecular weight excluding hydrogens is 300 g/mol. The molecule has 0 saturated heterocycles. The Morgan fingerprint density at radius 3 is 2.82 bits per heavy atom. The summed E-state index contributed by atoms with van der Waals surface area (Å²) in [5.41, 5.74) is 6.97. The topological polar surface area (TPSA) is 55.1 Å². The van der Waals surface area contributed by atoms with Crippen LogP contribution in [0.2, 0.25) is 0 Å². The van der Waals surface area contributed by atoms with Crippen LogP contribution < -0.4 is 11.1 Å². The number of unbranched alkanes of at least 4 members (excludes halogenated alkanes) is 1. The number of nitrogens with two attached hydrogens (primary N) is 1. The molecule has 5 heteroatoms. The normalized spacial score (nSPS) is 10.0. The molecule has 0 aliphatic carbocycles. The van der Waals surface area contributed by atoms with Crippen molar-refractivity contribution in [2.45, 2.75) is 26.2 Å². The molecule has 0 fully saturated rings. The number of hydrogen-bond acceptors (Lipinski definition) is 2. The van der Waals surface area contributed by atoms with Crippen LogP contribution in [-0.2, 0) is 4.79 Å². The molecule has 17 heavy (non-hydrogen) atoms. The number of rotatable bonds is 5. The van der Waals surface area contributed by atoms with Crippen molar-refractivity contribution in [3.63, 3.8) is 0 Å². The van der Waals surface area contributed by atoms with Gasteiger partial charge in [0.25, 0.3) is 0 Å². The number of nitrogens with one attached hydrogen (secondary N) is 1. The summed E-state index contributed by atoms with van der Waals surface area (Å²) in [5.74, 6) is -0.00771. The largest absolute Gasteiger partial charge is 0.389 e. The van der Waals surface area contributed by atoms with Crippen LogP contribution in [-0.4, -0.2) is 10.9 Å². The van der Waals surface area contributed by atoms with E-state index in [4.69, 9.17) is 18.0 Å². The first-order chi connectivity index (χ1) is 8.04. The highest BCUT2D eigenvalue weighted by Gasteiger charge is 2.09. The Hall–Kier alpha value is -0.940. The fourth-order valence-corrected chi connectivity index (χ4v) is 1.91. The van der Waals surface area contributed by atoms with Crippen molar-refractivity contribution < 1.29 is 4.79 Å². The summed E-state index contributed by atoms with van der Waals surface area (Å²) in [6, 6.07) is 5.44. The summed E-state index contributed by atoms with van der Waals surface area (Å²) >= 11 is 8.30. The minimum absolute atomic E-state index is 0.00771. The highest BCUT2D eigenvalue weighted by atomic mass is 79.9. The maximum atomic E-state index is 11.6. The molecule has 1 amide bonds. The third-order valence-corrected chi connectivity index (χ3v) is 2.99. The molecule has 0 heterocycles. The molecule has 1 rings (SSSR count). The van der Waals surface area contributed by atoms with Gasteiger partial charge in [-0.05, 0) is 24.6 Å². The Labute approximate surface area is 115 Å². The van der Waals surface area contributed by atoms with Crippen molar-refractivity contribution in [1.29, 1.82) is 0 Å². The van der Waals surface area contributed by atoms with Gasteiger partial charge in [0, 0.05) is 16.5 Å². The molecule has 0 aliphatic heterocycles. The molecule has 3 nitrogen and oxygen atoms in total. The Morgan fingerprint density at radius 1 is 1.53 bits per heavy atom. The molecule has 0 atom stereocenters. The second kappa shape index (κ2) is 6.71. The zero-order chi connectivity index (χ0) is 12.8. The molecule has 0 spiro atoms. The number of amides is 1. The fourth-order valence-electron chi connectivity index (χ4n) is 1.38. The zero-order valence-corrected chi connectivity index (χ0v) is 12.0. The second-order valence-electron chi connectivity index (χ2n) is 3.71. The lowest BCUT2D eigenvalue weighted by Crippen LogP contribution is -2.17. The first-order valence-corrected chi connectivity index (χ1v) is 6.64. The number of halogens is 1. The quantitative estimate of drug-likeness (QED) is 0.820. The average molecular weight is 315 g/mol. The summed E-state index contributed by atoms with van der Waals surface area (Å²) in [6.07, 6.45) is 2.39. The third-order valence-electron chi connectivity index (χ3n) is 2.28. The smallest absolute Gasteiger partial charge is 0.224 e. The van der Waals surface area contributed by atoms with Gasteiger partial charge in [0.1, 0.15) is 4.99 Å². The molecule has 0 saturated carbocycles. The number of benzene rings is 1. The van der Waals surface area contributed by atoms with Crippen molar-refractivity contribution in [3.05, 3.63) is 28.2 Å². The van der Waals surface area contributed by atoms with Gasteiger partial charge in [-0.25, -0.2) is 0 Å². The molecule has 0 aromatic heterocycles. The van der Waals surface area contributed by atoms with Crippen molar-refractivity contribution >= 4 is 44.7 Å². The molecular formula is C12H15BrN2OS. The van der Waals surface area contributed by atoms with E-state index in [2.05, 4.69) is 21.2 Å². The predicted octanol–water partition coefficient (Wildman–Crippen LogP) is 3.21. The number of anilines is 1. The van der Waals surface area contributed by atoms with Crippen LogP contribution in [0.25, 0.3) is 0 Å². The average Bonchev–Trinajstić information content (AvgIpc) is 2.28. The first kappa shape index (κ1) is 14.1. The number of thiocarbonyl (C=S) groups is 1. The maximum absolute atomic E-state index is 11.6. The van der Waals surface area contributed by atoms with Gasteiger partial charge in [0.05, 0.1) is 5.69 Å². The minimum Gasteiger partial charge on any atom is -0.389 e. The predicted molar refractivity (Wildman–Crippen MR) is 78.2 cm³/mol. The first-order valence-electron chi connectivity index (χ1n) is 5.43. The Morgan fingerprint density at radius 2 is 2.24 bits per heavy atom. The lowest BCUT2D eigenvalue weighted by Gasteiger charge is -2.10. The van der Waals surface area contributed by atoms with E-state index >= 15 is 0 Å².